The Morgan fingerprint density at radius 1 is 1.09 bits per heavy atom. The second-order valence-corrected chi connectivity index (χ2v) is 4.95. The molecule has 1 N–H and O–H groups in total. The predicted octanol–water partition coefficient (Wildman–Crippen LogP) is 3.09. The second-order valence-electron chi connectivity index (χ2n) is 4.95. The number of nitrogens with one attached hydrogen (secondary N) is 1. The first-order chi connectivity index (χ1) is 10.6. The number of amides is 1. The third-order valence-corrected chi connectivity index (χ3v) is 3.60. The van der Waals surface area contributed by atoms with Crippen LogP contribution in [0.3, 0.4) is 0 Å². The minimum Gasteiger partial charge on any atom is -0.497 e. The second kappa shape index (κ2) is 5.52. The van der Waals surface area contributed by atoms with Gasteiger partial charge in [0.15, 0.2) is 0 Å². The van der Waals surface area contributed by atoms with Crippen molar-refractivity contribution in [1.82, 2.24) is 0 Å². The number of carbonyl (C=O) groups is 1. The van der Waals surface area contributed by atoms with Gasteiger partial charge in [0.25, 0.3) is 5.91 Å². The van der Waals surface area contributed by atoms with Gasteiger partial charge in [-0.15, -0.1) is 0 Å². The Balaban J connectivity index is 2.11. The van der Waals surface area contributed by atoms with Gasteiger partial charge in [0.1, 0.15) is 22.9 Å². The molecule has 5 nitrogen and oxygen atoms in total. The standard InChI is InChI=1S/C17H16N2O3/c1-10-5-4-6-12-15(10)19-17(20)16(12)18-13-8-7-11(21-2)9-14(13)22-3/h4-9H,1-3H3,(H,18,19,20). The van der Waals surface area contributed by atoms with Crippen molar-refractivity contribution in [2.45, 2.75) is 6.92 Å². The van der Waals surface area contributed by atoms with Gasteiger partial charge in [0, 0.05) is 11.6 Å². The Hall–Kier alpha value is -2.82. The van der Waals surface area contributed by atoms with Gasteiger partial charge in [-0.25, -0.2) is 4.99 Å². The highest BCUT2D eigenvalue weighted by molar-refractivity contribution is 6.54. The van der Waals surface area contributed by atoms with Gasteiger partial charge in [-0.3, -0.25) is 4.79 Å². The fourth-order valence-electron chi connectivity index (χ4n) is 2.43. The Kier molecular flexibility index (Phi) is 3.55. The van der Waals surface area contributed by atoms with Gasteiger partial charge in [0.05, 0.1) is 19.9 Å². The molecule has 0 spiro atoms. The predicted molar refractivity (Wildman–Crippen MR) is 85.6 cm³/mol. The number of benzene rings is 2. The zero-order valence-electron chi connectivity index (χ0n) is 12.6. The molecule has 0 fully saturated rings. The first-order valence-electron chi connectivity index (χ1n) is 6.86. The number of aliphatic imine (C=N–C) groups is 1. The lowest BCUT2D eigenvalue weighted by Crippen LogP contribution is -2.14. The van der Waals surface area contributed by atoms with Crippen LogP contribution in [0, 0.1) is 6.92 Å². The van der Waals surface area contributed by atoms with Gasteiger partial charge in [-0.2, -0.15) is 0 Å². The van der Waals surface area contributed by atoms with Crippen LogP contribution in [0.15, 0.2) is 41.4 Å². The summed E-state index contributed by atoms with van der Waals surface area (Å²) in [5.41, 5.74) is 3.62. The molecule has 2 aromatic rings. The van der Waals surface area contributed by atoms with Crippen LogP contribution in [0.25, 0.3) is 0 Å². The maximum absolute atomic E-state index is 12.2. The summed E-state index contributed by atoms with van der Waals surface area (Å²) in [6.45, 7) is 1.95. The highest BCUT2D eigenvalue weighted by atomic mass is 16.5. The zero-order chi connectivity index (χ0) is 15.7. The molecule has 1 aliphatic heterocycles. The van der Waals surface area contributed by atoms with E-state index in [2.05, 4.69) is 10.3 Å². The molecule has 22 heavy (non-hydrogen) atoms. The Morgan fingerprint density at radius 2 is 1.91 bits per heavy atom. The van der Waals surface area contributed by atoms with Crippen LogP contribution in [-0.4, -0.2) is 25.8 Å². The Morgan fingerprint density at radius 3 is 2.64 bits per heavy atom. The molecule has 1 heterocycles. The number of rotatable bonds is 3. The van der Waals surface area contributed by atoms with Crippen molar-refractivity contribution in [3.05, 3.63) is 47.5 Å². The van der Waals surface area contributed by atoms with E-state index in [0.29, 0.717) is 22.9 Å². The summed E-state index contributed by atoms with van der Waals surface area (Å²) >= 11 is 0. The number of para-hydroxylation sites is 1. The Bertz CT molecular complexity index is 781. The average Bonchev–Trinajstić information content (AvgIpc) is 2.85. The van der Waals surface area contributed by atoms with E-state index in [9.17, 15) is 4.79 Å². The number of carbonyl (C=O) groups excluding carboxylic acids is 1. The number of fused-ring (bicyclic) bond motifs is 1. The number of aryl methyl sites for hydroxylation is 1. The van der Waals surface area contributed by atoms with Crippen LogP contribution >= 0.6 is 0 Å². The van der Waals surface area contributed by atoms with Gasteiger partial charge in [-0.1, -0.05) is 18.2 Å². The number of ether oxygens (including phenoxy) is 2. The molecule has 0 saturated heterocycles. The first-order valence-corrected chi connectivity index (χ1v) is 6.86. The van der Waals surface area contributed by atoms with Gasteiger partial charge in [0.2, 0.25) is 0 Å². The fraction of sp³-hybridized carbons (Fsp3) is 0.176. The molecule has 0 unspecified atom stereocenters. The SMILES string of the molecule is COc1ccc(N=C2C(=O)Nc3c(C)cccc32)c(OC)c1. The van der Waals surface area contributed by atoms with Crippen molar-refractivity contribution in [3.63, 3.8) is 0 Å². The average molecular weight is 296 g/mol. The molecule has 1 aliphatic rings. The van der Waals surface area contributed by atoms with Crippen LogP contribution in [0.5, 0.6) is 11.5 Å². The topological polar surface area (TPSA) is 59.9 Å². The monoisotopic (exact) mass is 296 g/mol. The number of methoxy groups -OCH3 is 2. The number of anilines is 1. The van der Waals surface area contributed by atoms with Crippen LogP contribution in [0.2, 0.25) is 0 Å². The van der Waals surface area contributed by atoms with Crippen LogP contribution in [0.4, 0.5) is 11.4 Å². The summed E-state index contributed by atoms with van der Waals surface area (Å²) in [6.07, 6.45) is 0. The van der Waals surface area contributed by atoms with Crippen molar-refractivity contribution in [3.8, 4) is 11.5 Å². The van der Waals surface area contributed by atoms with E-state index in [1.807, 2.05) is 25.1 Å². The molecule has 2 aromatic carbocycles. The molecular formula is C17H16N2O3. The largest absolute Gasteiger partial charge is 0.497 e. The number of nitrogens with zero attached hydrogens (tertiary/aromatic N) is 1. The third-order valence-electron chi connectivity index (χ3n) is 3.60. The molecule has 0 saturated carbocycles. The summed E-state index contributed by atoms with van der Waals surface area (Å²) in [5, 5.41) is 2.86. The lowest BCUT2D eigenvalue weighted by molar-refractivity contribution is -0.110. The fourth-order valence-corrected chi connectivity index (χ4v) is 2.43. The third kappa shape index (κ3) is 2.30. The summed E-state index contributed by atoms with van der Waals surface area (Å²) < 4.78 is 10.5. The van der Waals surface area contributed by atoms with Gasteiger partial charge >= 0.3 is 0 Å². The van der Waals surface area contributed by atoms with Crippen LogP contribution < -0.4 is 14.8 Å². The van der Waals surface area contributed by atoms with Crippen molar-refractivity contribution in [2.75, 3.05) is 19.5 Å². The number of hydrogen-bond acceptors (Lipinski definition) is 4. The molecular weight excluding hydrogens is 280 g/mol. The van der Waals surface area contributed by atoms with Gasteiger partial charge < -0.3 is 14.8 Å². The highest BCUT2D eigenvalue weighted by Crippen LogP contribution is 2.34. The molecule has 0 aromatic heterocycles. The first kappa shape index (κ1) is 14.1. The summed E-state index contributed by atoms with van der Waals surface area (Å²) in [6, 6.07) is 11.0. The maximum Gasteiger partial charge on any atom is 0.275 e. The number of hydrogen-bond donors (Lipinski definition) is 1. The van der Waals surface area contributed by atoms with Crippen molar-refractivity contribution in [1.29, 1.82) is 0 Å². The molecule has 0 atom stereocenters. The van der Waals surface area contributed by atoms with Crippen molar-refractivity contribution in [2.24, 2.45) is 4.99 Å². The molecule has 112 valence electrons. The van der Waals surface area contributed by atoms with E-state index in [-0.39, 0.29) is 5.91 Å². The lowest BCUT2D eigenvalue weighted by Gasteiger charge is -2.07. The molecule has 0 aliphatic carbocycles. The van der Waals surface area contributed by atoms with E-state index in [4.69, 9.17) is 9.47 Å². The Labute approximate surface area is 128 Å². The van der Waals surface area contributed by atoms with Gasteiger partial charge in [-0.05, 0) is 24.6 Å². The molecule has 0 radical (unpaired) electrons. The normalized spacial score (nSPS) is 14.7. The molecule has 0 bridgehead atoms. The summed E-state index contributed by atoms with van der Waals surface area (Å²) in [7, 11) is 3.15. The lowest BCUT2D eigenvalue weighted by atomic mass is 10.1. The smallest absolute Gasteiger partial charge is 0.275 e. The van der Waals surface area contributed by atoms with E-state index < -0.39 is 0 Å². The minimum absolute atomic E-state index is 0.206. The molecule has 3 rings (SSSR count). The summed E-state index contributed by atoms with van der Waals surface area (Å²) in [5.74, 6) is 1.02. The zero-order valence-corrected chi connectivity index (χ0v) is 12.6. The minimum atomic E-state index is -0.206. The van der Waals surface area contributed by atoms with Crippen molar-refractivity contribution < 1.29 is 14.3 Å². The van der Waals surface area contributed by atoms with E-state index in [1.165, 1.54) is 0 Å². The maximum atomic E-state index is 12.2. The van der Waals surface area contributed by atoms with Crippen LogP contribution in [-0.2, 0) is 4.79 Å². The van der Waals surface area contributed by atoms with Crippen molar-refractivity contribution >= 4 is 23.0 Å². The van der Waals surface area contributed by atoms with E-state index in [1.54, 1.807) is 32.4 Å². The summed E-state index contributed by atoms with van der Waals surface area (Å²) in [4.78, 5) is 16.7. The van der Waals surface area contributed by atoms with Crippen LogP contribution in [0.1, 0.15) is 11.1 Å². The van der Waals surface area contributed by atoms with E-state index >= 15 is 0 Å². The molecule has 5 heteroatoms. The highest BCUT2D eigenvalue weighted by Gasteiger charge is 2.27. The quantitative estimate of drug-likeness (QED) is 0.947. The van der Waals surface area contributed by atoms with E-state index in [0.717, 1.165) is 16.8 Å². The molecule has 1 amide bonds.